The molecule has 3 rings (SSSR count). The highest BCUT2D eigenvalue weighted by Crippen LogP contribution is 2.40. The zero-order valence-corrected chi connectivity index (χ0v) is 14.3. The first-order valence-electron chi connectivity index (χ1n) is 9.09. The van der Waals surface area contributed by atoms with Crippen LogP contribution < -0.4 is 5.73 Å². The molecule has 2 aliphatic rings. The van der Waals surface area contributed by atoms with E-state index in [9.17, 15) is 18.0 Å². The van der Waals surface area contributed by atoms with E-state index < -0.39 is 17.8 Å². The molecule has 1 aliphatic carbocycles. The number of halogens is 3. The molecule has 2 N–H and O–H groups in total. The van der Waals surface area contributed by atoms with Crippen LogP contribution >= 0.6 is 0 Å². The fraction of sp³-hybridized carbons (Fsp3) is 0.632. The summed E-state index contributed by atoms with van der Waals surface area (Å²) in [4.78, 5) is 14.5. The van der Waals surface area contributed by atoms with E-state index in [4.69, 9.17) is 5.73 Å². The fourth-order valence-corrected chi connectivity index (χ4v) is 4.26. The number of nitrogens with zero attached hydrogens (tertiary/aromatic N) is 1. The number of carbonyl (C=O) groups excluding carboxylic acids is 1. The van der Waals surface area contributed by atoms with Crippen LogP contribution in [-0.2, 0) is 11.0 Å². The van der Waals surface area contributed by atoms with Crippen LogP contribution in [0.4, 0.5) is 13.2 Å². The maximum atomic E-state index is 13.4. The van der Waals surface area contributed by atoms with Crippen molar-refractivity contribution in [2.24, 2.45) is 11.7 Å². The molecule has 1 unspecified atom stereocenters. The summed E-state index contributed by atoms with van der Waals surface area (Å²) >= 11 is 0. The molecule has 1 aliphatic heterocycles. The lowest BCUT2D eigenvalue weighted by molar-refractivity contribution is -0.142. The number of hydrogen-bond donors (Lipinski definition) is 1. The van der Waals surface area contributed by atoms with Gasteiger partial charge in [0.15, 0.2) is 0 Å². The highest BCUT2D eigenvalue weighted by Gasteiger charge is 2.38. The molecule has 1 amide bonds. The number of hydrogen-bond acceptors (Lipinski definition) is 2. The van der Waals surface area contributed by atoms with Crippen LogP contribution in [0.25, 0.3) is 0 Å². The summed E-state index contributed by atoms with van der Waals surface area (Å²) < 4.78 is 40.2. The van der Waals surface area contributed by atoms with Gasteiger partial charge in [0.25, 0.3) is 0 Å². The van der Waals surface area contributed by atoms with Gasteiger partial charge in [0.05, 0.1) is 11.6 Å². The SMILES string of the molecule is N[C@@H]1CCC[C@H]1CC(=O)N1CCCCC1c1ccccc1C(F)(F)F. The molecule has 1 saturated carbocycles. The zero-order chi connectivity index (χ0) is 18.0. The van der Waals surface area contributed by atoms with E-state index in [1.54, 1.807) is 11.0 Å². The topological polar surface area (TPSA) is 46.3 Å². The fourth-order valence-electron chi connectivity index (χ4n) is 4.26. The lowest BCUT2D eigenvalue weighted by Gasteiger charge is -2.38. The van der Waals surface area contributed by atoms with Gasteiger partial charge in [-0.2, -0.15) is 13.2 Å². The molecule has 0 radical (unpaired) electrons. The van der Waals surface area contributed by atoms with Crippen molar-refractivity contribution in [2.75, 3.05) is 6.54 Å². The van der Waals surface area contributed by atoms with E-state index >= 15 is 0 Å². The van der Waals surface area contributed by atoms with Crippen molar-refractivity contribution < 1.29 is 18.0 Å². The van der Waals surface area contributed by atoms with Crippen molar-refractivity contribution >= 4 is 5.91 Å². The summed E-state index contributed by atoms with van der Waals surface area (Å²) in [7, 11) is 0. The summed E-state index contributed by atoms with van der Waals surface area (Å²) in [6.07, 6.45) is 1.09. The minimum atomic E-state index is -4.41. The Kier molecular flexibility index (Phi) is 5.37. The Morgan fingerprint density at radius 2 is 1.88 bits per heavy atom. The third-order valence-corrected chi connectivity index (χ3v) is 5.60. The number of amides is 1. The lowest BCUT2D eigenvalue weighted by atomic mass is 9.90. The van der Waals surface area contributed by atoms with Crippen molar-refractivity contribution in [2.45, 2.75) is 63.2 Å². The van der Waals surface area contributed by atoms with Gasteiger partial charge in [0, 0.05) is 19.0 Å². The van der Waals surface area contributed by atoms with E-state index in [0.29, 0.717) is 19.4 Å². The molecule has 1 heterocycles. The molecular weight excluding hydrogens is 329 g/mol. The average molecular weight is 354 g/mol. The Morgan fingerprint density at radius 1 is 1.12 bits per heavy atom. The molecule has 0 spiro atoms. The Hall–Kier alpha value is -1.56. The Bertz CT molecular complexity index is 617. The monoisotopic (exact) mass is 354 g/mol. The van der Waals surface area contributed by atoms with Crippen LogP contribution in [0, 0.1) is 5.92 Å². The van der Waals surface area contributed by atoms with Crippen molar-refractivity contribution in [1.82, 2.24) is 4.90 Å². The van der Waals surface area contributed by atoms with E-state index in [2.05, 4.69) is 0 Å². The average Bonchev–Trinajstić information content (AvgIpc) is 2.99. The molecule has 3 nitrogen and oxygen atoms in total. The first-order valence-corrected chi connectivity index (χ1v) is 9.09. The van der Waals surface area contributed by atoms with Gasteiger partial charge in [0.1, 0.15) is 0 Å². The number of alkyl halides is 3. The van der Waals surface area contributed by atoms with Crippen molar-refractivity contribution in [3.05, 3.63) is 35.4 Å². The second kappa shape index (κ2) is 7.36. The summed E-state index contributed by atoms with van der Waals surface area (Å²) in [5.74, 6) is 0.108. The van der Waals surface area contributed by atoms with Gasteiger partial charge in [-0.05, 0) is 49.7 Å². The minimum Gasteiger partial charge on any atom is -0.336 e. The highest BCUT2D eigenvalue weighted by molar-refractivity contribution is 5.77. The third-order valence-electron chi connectivity index (χ3n) is 5.60. The largest absolute Gasteiger partial charge is 0.416 e. The molecule has 0 aromatic heterocycles. The van der Waals surface area contributed by atoms with Crippen LogP contribution in [0.2, 0.25) is 0 Å². The molecule has 2 fully saturated rings. The van der Waals surface area contributed by atoms with Crippen LogP contribution in [0.3, 0.4) is 0 Å². The summed E-state index contributed by atoms with van der Waals surface area (Å²) in [5.41, 5.74) is 5.66. The predicted molar refractivity (Wildman–Crippen MR) is 89.7 cm³/mol. The van der Waals surface area contributed by atoms with Gasteiger partial charge in [-0.3, -0.25) is 4.79 Å². The summed E-state index contributed by atoms with van der Waals surface area (Å²) in [6, 6.07) is 5.19. The normalized spacial score (nSPS) is 27.5. The standard InChI is InChI=1S/C19H25F3N2O/c20-19(21,22)15-8-2-1-7-14(15)17-10-3-4-11-24(17)18(25)12-13-6-5-9-16(13)23/h1-2,7-8,13,16-17H,3-6,9-12,23H2/t13-,16+,17?/m0/s1. The molecule has 1 aromatic rings. The number of likely N-dealkylation sites (tertiary alicyclic amines) is 1. The maximum Gasteiger partial charge on any atom is 0.416 e. The smallest absolute Gasteiger partial charge is 0.336 e. The maximum absolute atomic E-state index is 13.4. The van der Waals surface area contributed by atoms with Crippen LogP contribution in [0.1, 0.15) is 62.1 Å². The van der Waals surface area contributed by atoms with E-state index in [-0.39, 0.29) is 23.4 Å². The molecule has 1 aromatic carbocycles. The Balaban J connectivity index is 1.83. The Labute approximate surface area is 146 Å². The highest BCUT2D eigenvalue weighted by atomic mass is 19.4. The van der Waals surface area contributed by atoms with Gasteiger partial charge in [-0.1, -0.05) is 24.6 Å². The van der Waals surface area contributed by atoms with Gasteiger partial charge >= 0.3 is 6.18 Å². The quantitative estimate of drug-likeness (QED) is 0.881. The summed E-state index contributed by atoms with van der Waals surface area (Å²) in [5, 5.41) is 0. The first-order chi connectivity index (χ1) is 11.9. The van der Waals surface area contributed by atoms with E-state index in [0.717, 1.165) is 38.2 Å². The number of rotatable bonds is 3. The molecule has 1 saturated heterocycles. The van der Waals surface area contributed by atoms with Crippen molar-refractivity contribution in [3.63, 3.8) is 0 Å². The second-order valence-electron chi connectivity index (χ2n) is 7.24. The number of nitrogens with two attached hydrogens (primary N) is 1. The number of piperidine rings is 1. The third kappa shape index (κ3) is 4.00. The van der Waals surface area contributed by atoms with Crippen LogP contribution in [0.5, 0.6) is 0 Å². The van der Waals surface area contributed by atoms with E-state index in [1.165, 1.54) is 12.1 Å². The number of benzene rings is 1. The molecule has 6 heteroatoms. The Morgan fingerprint density at radius 3 is 2.56 bits per heavy atom. The molecule has 0 bridgehead atoms. The lowest BCUT2D eigenvalue weighted by Crippen LogP contribution is -2.41. The predicted octanol–water partition coefficient (Wildman–Crippen LogP) is 4.28. The van der Waals surface area contributed by atoms with Gasteiger partial charge in [-0.15, -0.1) is 0 Å². The summed E-state index contributed by atoms with van der Waals surface area (Å²) in [6.45, 7) is 0.525. The zero-order valence-electron chi connectivity index (χ0n) is 14.3. The minimum absolute atomic E-state index is 0.0367. The van der Waals surface area contributed by atoms with Gasteiger partial charge in [0.2, 0.25) is 5.91 Å². The molecule has 3 atom stereocenters. The van der Waals surface area contributed by atoms with Crippen molar-refractivity contribution in [3.8, 4) is 0 Å². The second-order valence-corrected chi connectivity index (χ2v) is 7.24. The van der Waals surface area contributed by atoms with Gasteiger partial charge < -0.3 is 10.6 Å². The van der Waals surface area contributed by atoms with Gasteiger partial charge in [-0.25, -0.2) is 0 Å². The molecule has 25 heavy (non-hydrogen) atoms. The molecular formula is C19H25F3N2O. The number of carbonyl (C=O) groups is 1. The van der Waals surface area contributed by atoms with Crippen LogP contribution in [0.15, 0.2) is 24.3 Å². The van der Waals surface area contributed by atoms with E-state index in [1.807, 2.05) is 0 Å². The van der Waals surface area contributed by atoms with Crippen LogP contribution in [-0.4, -0.2) is 23.4 Å². The van der Waals surface area contributed by atoms with Crippen molar-refractivity contribution in [1.29, 1.82) is 0 Å². The first kappa shape index (κ1) is 18.2. The molecule has 138 valence electrons.